The van der Waals surface area contributed by atoms with Crippen LogP contribution >= 0.6 is 11.8 Å². The van der Waals surface area contributed by atoms with Crippen LogP contribution in [0.3, 0.4) is 0 Å². The molecule has 0 aromatic carbocycles. The van der Waals surface area contributed by atoms with Gasteiger partial charge in [-0.15, -0.1) is 11.8 Å². The lowest BCUT2D eigenvalue weighted by molar-refractivity contribution is -0.129. The van der Waals surface area contributed by atoms with Gasteiger partial charge in [0.15, 0.2) is 0 Å². The minimum absolute atomic E-state index is 0.0205. The van der Waals surface area contributed by atoms with E-state index >= 15 is 0 Å². The maximum Gasteiger partial charge on any atom is 0.232 e. The molecule has 0 spiro atoms. The molecule has 1 fully saturated rings. The Labute approximate surface area is 117 Å². The van der Waals surface area contributed by atoms with Crippen molar-refractivity contribution >= 4 is 17.7 Å². The van der Waals surface area contributed by atoms with Gasteiger partial charge >= 0.3 is 0 Å². The van der Waals surface area contributed by atoms with Gasteiger partial charge < -0.3 is 14.5 Å². The van der Waals surface area contributed by atoms with Crippen LogP contribution in [0.4, 0.5) is 0 Å². The van der Waals surface area contributed by atoms with Gasteiger partial charge in [0.2, 0.25) is 5.91 Å². The first-order valence-electron chi connectivity index (χ1n) is 6.53. The second kappa shape index (κ2) is 6.43. The summed E-state index contributed by atoms with van der Waals surface area (Å²) in [4.78, 5) is 13.9. The van der Waals surface area contributed by atoms with Crippen molar-refractivity contribution in [3.63, 3.8) is 0 Å². The average molecular weight is 284 g/mol. The fourth-order valence-electron chi connectivity index (χ4n) is 2.39. The summed E-state index contributed by atoms with van der Waals surface area (Å²) < 4.78 is 5.10. The van der Waals surface area contributed by atoms with Crippen molar-refractivity contribution in [3.05, 3.63) is 17.0 Å². The van der Waals surface area contributed by atoms with Crippen LogP contribution < -0.4 is 0 Å². The molecule has 1 aliphatic rings. The molecule has 1 atom stereocenters. The average Bonchev–Trinajstić information content (AvgIpc) is 2.99. The monoisotopic (exact) mass is 284 g/mol. The summed E-state index contributed by atoms with van der Waals surface area (Å²) in [5.74, 6) is 2.13. The van der Waals surface area contributed by atoms with E-state index in [-0.39, 0.29) is 18.6 Å². The Balaban J connectivity index is 1.81. The van der Waals surface area contributed by atoms with E-state index in [2.05, 4.69) is 5.16 Å². The Hall–Kier alpha value is -1.01. The van der Waals surface area contributed by atoms with Gasteiger partial charge in [-0.2, -0.15) is 0 Å². The third kappa shape index (κ3) is 3.30. The molecule has 1 aromatic heterocycles. The van der Waals surface area contributed by atoms with Gasteiger partial charge in [-0.05, 0) is 26.7 Å². The van der Waals surface area contributed by atoms with Crippen LogP contribution in [0, 0.1) is 13.8 Å². The lowest BCUT2D eigenvalue weighted by Crippen LogP contribution is -2.38. The Morgan fingerprint density at radius 2 is 2.37 bits per heavy atom. The van der Waals surface area contributed by atoms with Crippen molar-refractivity contribution in [2.24, 2.45) is 0 Å². The first-order valence-corrected chi connectivity index (χ1v) is 7.68. The lowest BCUT2D eigenvalue weighted by Gasteiger charge is -2.22. The van der Waals surface area contributed by atoms with Crippen molar-refractivity contribution < 1.29 is 14.4 Å². The number of carbonyl (C=O) groups excluding carboxylic acids is 1. The topological polar surface area (TPSA) is 66.6 Å². The first kappa shape index (κ1) is 14.4. The van der Waals surface area contributed by atoms with Crippen LogP contribution in [-0.4, -0.2) is 46.0 Å². The number of hydrogen-bond acceptors (Lipinski definition) is 5. The van der Waals surface area contributed by atoms with Crippen LogP contribution in [0.5, 0.6) is 0 Å². The summed E-state index contributed by atoms with van der Waals surface area (Å²) in [5.41, 5.74) is 1.98. The molecule has 0 saturated carbocycles. The maximum absolute atomic E-state index is 12.1. The highest BCUT2D eigenvalue weighted by Gasteiger charge is 2.27. The zero-order chi connectivity index (χ0) is 13.8. The Kier molecular flexibility index (Phi) is 4.87. The SMILES string of the molecule is Cc1noc(C)c1CSCC(=O)N1CCC[C@@H]1CO. The fourth-order valence-corrected chi connectivity index (χ4v) is 3.44. The number of likely N-dealkylation sites (tertiary alicyclic amines) is 1. The second-order valence-electron chi connectivity index (χ2n) is 4.86. The lowest BCUT2D eigenvalue weighted by atomic mass is 10.2. The molecule has 0 aliphatic carbocycles. The van der Waals surface area contributed by atoms with Crippen LogP contribution in [0.2, 0.25) is 0 Å². The Morgan fingerprint density at radius 1 is 1.58 bits per heavy atom. The quantitative estimate of drug-likeness (QED) is 0.887. The summed E-state index contributed by atoms with van der Waals surface area (Å²) >= 11 is 1.57. The number of hydrogen-bond donors (Lipinski definition) is 1. The smallest absolute Gasteiger partial charge is 0.232 e. The van der Waals surface area contributed by atoms with E-state index in [1.54, 1.807) is 16.7 Å². The van der Waals surface area contributed by atoms with Crippen molar-refractivity contribution in [1.29, 1.82) is 0 Å². The second-order valence-corrected chi connectivity index (χ2v) is 5.85. The summed E-state index contributed by atoms with van der Waals surface area (Å²) in [6.45, 7) is 4.65. The number of thioether (sulfide) groups is 1. The van der Waals surface area contributed by atoms with Crippen LogP contribution in [0.25, 0.3) is 0 Å². The van der Waals surface area contributed by atoms with Gasteiger partial charge in [0.25, 0.3) is 0 Å². The van der Waals surface area contributed by atoms with Gasteiger partial charge in [0.1, 0.15) is 5.76 Å². The van der Waals surface area contributed by atoms with E-state index in [1.165, 1.54) is 0 Å². The van der Waals surface area contributed by atoms with Crippen LogP contribution in [0.15, 0.2) is 4.52 Å². The van der Waals surface area contributed by atoms with Gasteiger partial charge in [-0.1, -0.05) is 5.16 Å². The number of aromatic nitrogens is 1. The normalized spacial score (nSPS) is 19.1. The predicted molar refractivity (Wildman–Crippen MR) is 74.0 cm³/mol. The zero-order valence-electron chi connectivity index (χ0n) is 11.4. The van der Waals surface area contributed by atoms with Gasteiger partial charge in [-0.3, -0.25) is 4.79 Å². The number of amides is 1. The summed E-state index contributed by atoms with van der Waals surface area (Å²) in [6.07, 6.45) is 1.91. The van der Waals surface area contributed by atoms with E-state index in [0.717, 1.165) is 42.2 Å². The number of rotatable bonds is 5. The standard InChI is InChI=1S/C13H20N2O3S/c1-9-12(10(2)18-14-9)7-19-8-13(17)15-5-3-4-11(15)6-16/h11,16H,3-8H2,1-2H3/t11-/m1/s1. The highest BCUT2D eigenvalue weighted by molar-refractivity contribution is 7.99. The van der Waals surface area contributed by atoms with Crippen molar-refractivity contribution in [2.75, 3.05) is 18.9 Å². The maximum atomic E-state index is 12.1. The molecule has 1 amide bonds. The van der Waals surface area contributed by atoms with E-state index in [4.69, 9.17) is 4.52 Å². The number of aliphatic hydroxyl groups is 1. The molecule has 0 unspecified atom stereocenters. The number of carbonyl (C=O) groups is 1. The molecule has 2 heterocycles. The molecule has 1 aliphatic heterocycles. The molecule has 0 bridgehead atoms. The van der Waals surface area contributed by atoms with E-state index in [1.807, 2.05) is 13.8 Å². The fraction of sp³-hybridized carbons (Fsp3) is 0.692. The number of aliphatic hydroxyl groups excluding tert-OH is 1. The highest BCUT2D eigenvalue weighted by atomic mass is 32.2. The van der Waals surface area contributed by atoms with E-state index < -0.39 is 0 Å². The molecular weight excluding hydrogens is 264 g/mol. The third-order valence-electron chi connectivity index (χ3n) is 3.56. The Morgan fingerprint density at radius 3 is 3.00 bits per heavy atom. The molecule has 2 rings (SSSR count). The summed E-state index contributed by atoms with van der Waals surface area (Å²) in [6, 6.07) is 0.0205. The molecule has 6 heteroatoms. The van der Waals surface area contributed by atoms with Gasteiger partial charge in [-0.25, -0.2) is 0 Å². The predicted octanol–water partition coefficient (Wildman–Crippen LogP) is 1.51. The minimum Gasteiger partial charge on any atom is -0.394 e. The molecule has 1 aromatic rings. The molecule has 106 valence electrons. The molecule has 19 heavy (non-hydrogen) atoms. The largest absolute Gasteiger partial charge is 0.394 e. The van der Waals surface area contributed by atoms with E-state index in [0.29, 0.717) is 5.75 Å². The molecule has 1 N–H and O–H groups in total. The number of nitrogens with zero attached hydrogens (tertiary/aromatic N) is 2. The third-order valence-corrected chi connectivity index (χ3v) is 4.51. The van der Waals surface area contributed by atoms with Crippen molar-refractivity contribution in [1.82, 2.24) is 10.1 Å². The molecule has 0 radical (unpaired) electrons. The zero-order valence-corrected chi connectivity index (χ0v) is 12.2. The van der Waals surface area contributed by atoms with Gasteiger partial charge in [0.05, 0.1) is 24.1 Å². The minimum atomic E-state index is 0.0205. The highest BCUT2D eigenvalue weighted by Crippen LogP contribution is 2.22. The molecule has 5 nitrogen and oxygen atoms in total. The van der Waals surface area contributed by atoms with Crippen molar-refractivity contribution in [3.8, 4) is 0 Å². The molecular formula is C13H20N2O3S. The Bertz CT molecular complexity index is 428. The summed E-state index contributed by atoms with van der Waals surface area (Å²) in [7, 11) is 0. The summed E-state index contributed by atoms with van der Waals surface area (Å²) in [5, 5.41) is 13.1. The first-order chi connectivity index (χ1) is 9.13. The van der Waals surface area contributed by atoms with E-state index in [9.17, 15) is 9.90 Å². The van der Waals surface area contributed by atoms with Crippen molar-refractivity contribution in [2.45, 2.75) is 38.5 Å². The number of aryl methyl sites for hydroxylation is 2. The molecule has 1 saturated heterocycles. The van der Waals surface area contributed by atoms with Crippen LogP contribution in [0.1, 0.15) is 29.9 Å². The van der Waals surface area contributed by atoms with Gasteiger partial charge in [0, 0.05) is 17.9 Å². The van der Waals surface area contributed by atoms with Crippen LogP contribution in [-0.2, 0) is 10.5 Å².